The van der Waals surface area contributed by atoms with Crippen LogP contribution in [0.1, 0.15) is 29.5 Å². The topological polar surface area (TPSA) is 73.2 Å². The fourth-order valence-corrected chi connectivity index (χ4v) is 3.28. The summed E-state index contributed by atoms with van der Waals surface area (Å²) in [5.41, 5.74) is 2.48. The second kappa shape index (κ2) is 9.52. The van der Waals surface area contributed by atoms with Gasteiger partial charge in [-0.15, -0.1) is 0 Å². The summed E-state index contributed by atoms with van der Waals surface area (Å²) in [6, 6.07) is 19.0. The fraction of sp³-hybridized carbons (Fsp3) is 0.261. The lowest BCUT2D eigenvalue weighted by molar-refractivity contribution is -0.132. The van der Waals surface area contributed by atoms with E-state index in [0.29, 0.717) is 38.0 Å². The molecule has 2 amide bonds. The highest BCUT2D eigenvalue weighted by Crippen LogP contribution is 2.18. The number of piperidine rings is 1. The van der Waals surface area contributed by atoms with Crippen LogP contribution in [-0.2, 0) is 16.1 Å². The van der Waals surface area contributed by atoms with Gasteiger partial charge in [0.2, 0.25) is 11.8 Å². The van der Waals surface area contributed by atoms with Gasteiger partial charge >= 0.3 is 0 Å². The summed E-state index contributed by atoms with van der Waals surface area (Å²) >= 11 is 0. The van der Waals surface area contributed by atoms with Crippen molar-refractivity contribution in [3.05, 3.63) is 77.4 Å². The van der Waals surface area contributed by atoms with Crippen LogP contribution in [0.3, 0.4) is 0 Å². The first kappa shape index (κ1) is 19.4. The highest BCUT2D eigenvalue weighted by molar-refractivity contribution is 5.92. The number of nitrogens with zero attached hydrogens (tertiary/aromatic N) is 2. The SMILES string of the molecule is N#Cc1cccc(CNC(=O)C2CCN(C(=O)/C=C/c3ccccc3)CC2)c1. The van der Waals surface area contributed by atoms with Crippen LogP contribution in [-0.4, -0.2) is 29.8 Å². The summed E-state index contributed by atoms with van der Waals surface area (Å²) in [4.78, 5) is 26.5. The zero-order valence-corrected chi connectivity index (χ0v) is 15.7. The molecule has 0 atom stereocenters. The number of nitrogens with one attached hydrogen (secondary N) is 1. The predicted molar refractivity (Wildman–Crippen MR) is 108 cm³/mol. The molecule has 28 heavy (non-hydrogen) atoms. The Morgan fingerprint density at radius 3 is 2.57 bits per heavy atom. The number of rotatable bonds is 5. The largest absolute Gasteiger partial charge is 0.352 e. The Morgan fingerprint density at radius 1 is 1.11 bits per heavy atom. The standard InChI is InChI=1S/C23H23N3O2/c24-16-19-7-4-8-20(15-19)17-25-23(28)21-11-13-26(14-12-21)22(27)10-9-18-5-2-1-3-6-18/h1-10,15,21H,11-14,17H2,(H,25,28)/b10-9+. The van der Waals surface area contributed by atoms with Crippen LogP contribution < -0.4 is 5.32 Å². The van der Waals surface area contributed by atoms with Crippen molar-refractivity contribution in [2.75, 3.05) is 13.1 Å². The quantitative estimate of drug-likeness (QED) is 0.819. The molecule has 0 saturated carbocycles. The van der Waals surface area contributed by atoms with Gasteiger partial charge in [-0.2, -0.15) is 5.26 Å². The van der Waals surface area contributed by atoms with Gasteiger partial charge in [-0.05, 0) is 42.2 Å². The Labute approximate surface area is 165 Å². The van der Waals surface area contributed by atoms with E-state index in [1.54, 1.807) is 23.1 Å². The van der Waals surface area contributed by atoms with E-state index >= 15 is 0 Å². The zero-order chi connectivity index (χ0) is 19.8. The van der Waals surface area contributed by atoms with Crippen molar-refractivity contribution >= 4 is 17.9 Å². The average Bonchev–Trinajstić information content (AvgIpc) is 2.76. The minimum absolute atomic E-state index is 0.00860. The third kappa shape index (κ3) is 5.31. The maximum absolute atomic E-state index is 12.4. The Morgan fingerprint density at radius 2 is 1.86 bits per heavy atom. The van der Waals surface area contributed by atoms with Crippen molar-refractivity contribution in [2.45, 2.75) is 19.4 Å². The lowest BCUT2D eigenvalue weighted by Crippen LogP contribution is -2.42. The molecule has 1 N–H and O–H groups in total. The van der Waals surface area contributed by atoms with E-state index in [1.807, 2.05) is 48.5 Å². The summed E-state index contributed by atoms with van der Waals surface area (Å²) in [5, 5.41) is 11.9. The van der Waals surface area contributed by atoms with Crippen molar-refractivity contribution in [1.82, 2.24) is 10.2 Å². The Balaban J connectivity index is 1.45. The van der Waals surface area contributed by atoms with Crippen molar-refractivity contribution in [1.29, 1.82) is 5.26 Å². The summed E-state index contributed by atoms with van der Waals surface area (Å²) in [7, 11) is 0. The zero-order valence-electron chi connectivity index (χ0n) is 15.7. The van der Waals surface area contributed by atoms with E-state index in [9.17, 15) is 9.59 Å². The molecule has 1 fully saturated rings. The molecule has 1 saturated heterocycles. The molecule has 0 aliphatic carbocycles. The highest BCUT2D eigenvalue weighted by Gasteiger charge is 2.26. The molecule has 2 aromatic carbocycles. The highest BCUT2D eigenvalue weighted by atomic mass is 16.2. The first-order chi connectivity index (χ1) is 13.7. The van der Waals surface area contributed by atoms with E-state index in [1.165, 1.54) is 0 Å². The number of hydrogen-bond donors (Lipinski definition) is 1. The first-order valence-corrected chi connectivity index (χ1v) is 9.44. The third-order valence-corrected chi connectivity index (χ3v) is 4.92. The number of amides is 2. The molecule has 0 aromatic heterocycles. The number of likely N-dealkylation sites (tertiary alicyclic amines) is 1. The smallest absolute Gasteiger partial charge is 0.246 e. The number of benzene rings is 2. The second-order valence-corrected chi connectivity index (χ2v) is 6.87. The van der Waals surface area contributed by atoms with E-state index in [0.717, 1.165) is 11.1 Å². The molecule has 3 rings (SSSR count). The van der Waals surface area contributed by atoms with Crippen LogP contribution in [0.4, 0.5) is 0 Å². The molecule has 0 radical (unpaired) electrons. The third-order valence-electron chi connectivity index (χ3n) is 4.92. The summed E-state index contributed by atoms with van der Waals surface area (Å²) < 4.78 is 0. The van der Waals surface area contributed by atoms with Gasteiger partial charge in [-0.25, -0.2) is 0 Å². The van der Waals surface area contributed by atoms with E-state index in [4.69, 9.17) is 5.26 Å². The molecule has 0 unspecified atom stereocenters. The van der Waals surface area contributed by atoms with Crippen LogP contribution in [0, 0.1) is 17.2 Å². The summed E-state index contributed by atoms with van der Waals surface area (Å²) in [5.74, 6) is -0.0911. The van der Waals surface area contributed by atoms with Crippen LogP contribution in [0.15, 0.2) is 60.7 Å². The molecule has 5 nitrogen and oxygen atoms in total. The summed E-state index contributed by atoms with van der Waals surface area (Å²) in [6.45, 7) is 1.58. The van der Waals surface area contributed by atoms with Crippen LogP contribution in [0.5, 0.6) is 0 Å². The lowest BCUT2D eigenvalue weighted by atomic mass is 9.95. The molecule has 0 bridgehead atoms. The van der Waals surface area contributed by atoms with Gasteiger partial charge in [0.25, 0.3) is 0 Å². The maximum Gasteiger partial charge on any atom is 0.246 e. The molecule has 1 aliphatic heterocycles. The molecule has 2 aromatic rings. The number of hydrogen-bond acceptors (Lipinski definition) is 3. The van der Waals surface area contributed by atoms with Gasteiger partial charge in [0.05, 0.1) is 11.6 Å². The molecule has 5 heteroatoms. The normalized spacial score (nSPS) is 14.6. The monoisotopic (exact) mass is 373 g/mol. The summed E-state index contributed by atoms with van der Waals surface area (Å²) in [6.07, 6.45) is 4.73. The van der Waals surface area contributed by atoms with Crippen LogP contribution >= 0.6 is 0 Å². The molecule has 142 valence electrons. The van der Waals surface area contributed by atoms with Gasteiger partial charge < -0.3 is 10.2 Å². The molecule has 0 spiro atoms. The average molecular weight is 373 g/mol. The Kier molecular flexibility index (Phi) is 6.59. The van der Waals surface area contributed by atoms with Crippen LogP contribution in [0.2, 0.25) is 0 Å². The van der Waals surface area contributed by atoms with Crippen molar-refractivity contribution in [3.63, 3.8) is 0 Å². The minimum atomic E-state index is -0.0821. The lowest BCUT2D eigenvalue weighted by Gasteiger charge is -2.30. The van der Waals surface area contributed by atoms with Crippen LogP contribution in [0.25, 0.3) is 6.08 Å². The van der Waals surface area contributed by atoms with E-state index in [-0.39, 0.29) is 17.7 Å². The number of nitriles is 1. The van der Waals surface area contributed by atoms with Gasteiger partial charge in [0.15, 0.2) is 0 Å². The fourth-order valence-electron chi connectivity index (χ4n) is 3.28. The Hall–Kier alpha value is -3.39. The second-order valence-electron chi connectivity index (χ2n) is 6.87. The maximum atomic E-state index is 12.4. The predicted octanol–water partition coefficient (Wildman–Crippen LogP) is 3.13. The van der Waals surface area contributed by atoms with Crippen molar-refractivity contribution in [2.24, 2.45) is 5.92 Å². The Bertz CT molecular complexity index is 892. The van der Waals surface area contributed by atoms with Gasteiger partial charge in [0, 0.05) is 31.6 Å². The number of carbonyl (C=O) groups excluding carboxylic acids is 2. The molecular formula is C23H23N3O2. The van der Waals surface area contributed by atoms with E-state index in [2.05, 4.69) is 11.4 Å². The van der Waals surface area contributed by atoms with Gasteiger partial charge in [0.1, 0.15) is 0 Å². The van der Waals surface area contributed by atoms with Crippen molar-refractivity contribution < 1.29 is 9.59 Å². The van der Waals surface area contributed by atoms with Crippen molar-refractivity contribution in [3.8, 4) is 6.07 Å². The molecule has 1 aliphatic rings. The number of carbonyl (C=O) groups is 2. The first-order valence-electron chi connectivity index (χ1n) is 9.44. The minimum Gasteiger partial charge on any atom is -0.352 e. The molecular weight excluding hydrogens is 350 g/mol. The molecule has 1 heterocycles. The van der Waals surface area contributed by atoms with E-state index < -0.39 is 0 Å². The van der Waals surface area contributed by atoms with Gasteiger partial charge in [-0.3, -0.25) is 9.59 Å². The van der Waals surface area contributed by atoms with Gasteiger partial charge in [-0.1, -0.05) is 42.5 Å².